The number of nitrogens with zero attached hydrogens (tertiary/aromatic N) is 3. The van der Waals surface area contributed by atoms with Crippen molar-refractivity contribution in [1.82, 2.24) is 14.4 Å². The van der Waals surface area contributed by atoms with Crippen LogP contribution in [-0.2, 0) is 18.4 Å². The van der Waals surface area contributed by atoms with E-state index in [9.17, 15) is 9.59 Å². The minimum Gasteiger partial charge on any atom is -0.341 e. The molecule has 3 heterocycles. The zero-order chi connectivity index (χ0) is 16.2. The lowest BCUT2D eigenvalue weighted by Gasteiger charge is -2.35. The Labute approximate surface area is 141 Å². The number of aromatic nitrogens is 1. The Kier molecular flexibility index (Phi) is 5.43. The van der Waals surface area contributed by atoms with Gasteiger partial charge in [-0.1, -0.05) is 0 Å². The van der Waals surface area contributed by atoms with Crippen LogP contribution < -0.4 is 5.56 Å². The van der Waals surface area contributed by atoms with Gasteiger partial charge in [0, 0.05) is 56.4 Å². The Morgan fingerprint density at radius 1 is 1.22 bits per heavy atom. The van der Waals surface area contributed by atoms with Crippen molar-refractivity contribution in [2.45, 2.75) is 19.4 Å². The summed E-state index contributed by atoms with van der Waals surface area (Å²) >= 11 is 1.94. The van der Waals surface area contributed by atoms with Crippen molar-refractivity contribution in [3.05, 3.63) is 34.2 Å². The van der Waals surface area contributed by atoms with Gasteiger partial charge in [0.25, 0.3) is 5.56 Å². The first-order valence-corrected chi connectivity index (χ1v) is 9.53. The number of carbonyl (C=O) groups is 1. The van der Waals surface area contributed by atoms with Crippen LogP contribution in [0.4, 0.5) is 0 Å². The van der Waals surface area contributed by atoms with Crippen LogP contribution in [0.3, 0.4) is 0 Å². The first-order valence-electron chi connectivity index (χ1n) is 8.38. The second-order valence-corrected chi connectivity index (χ2v) is 7.70. The molecule has 2 aliphatic heterocycles. The first kappa shape index (κ1) is 16.6. The summed E-state index contributed by atoms with van der Waals surface area (Å²) in [5.74, 6) is 2.71. The summed E-state index contributed by atoms with van der Waals surface area (Å²) in [6.07, 6.45) is 3.70. The highest BCUT2D eigenvalue weighted by molar-refractivity contribution is 7.99. The van der Waals surface area contributed by atoms with Gasteiger partial charge in [-0.2, -0.15) is 11.8 Å². The third-order valence-electron chi connectivity index (χ3n) is 4.83. The number of carbonyl (C=O) groups excluding carboxylic acids is 1. The molecule has 0 aromatic carbocycles. The van der Waals surface area contributed by atoms with E-state index in [-0.39, 0.29) is 11.5 Å². The molecule has 0 atom stereocenters. The van der Waals surface area contributed by atoms with Gasteiger partial charge in [-0.15, -0.1) is 0 Å². The average molecular weight is 335 g/mol. The van der Waals surface area contributed by atoms with Crippen molar-refractivity contribution in [2.75, 3.05) is 37.7 Å². The van der Waals surface area contributed by atoms with Crippen molar-refractivity contribution in [1.29, 1.82) is 0 Å². The molecule has 0 radical (unpaired) electrons. The number of likely N-dealkylation sites (tertiary alicyclic amines) is 1. The molecule has 2 fully saturated rings. The third-order valence-corrected chi connectivity index (χ3v) is 5.78. The number of hydrogen-bond donors (Lipinski definition) is 0. The molecule has 0 saturated carbocycles. The fourth-order valence-electron chi connectivity index (χ4n) is 3.33. The van der Waals surface area contributed by atoms with Gasteiger partial charge < -0.3 is 9.47 Å². The van der Waals surface area contributed by atoms with E-state index in [0.717, 1.165) is 62.6 Å². The predicted octanol–water partition coefficient (Wildman–Crippen LogP) is 1.17. The normalized spacial score (nSPS) is 20.7. The van der Waals surface area contributed by atoms with Crippen molar-refractivity contribution < 1.29 is 4.79 Å². The Balaban J connectivity index is 1.50. The van der Waals surface area contributed by atoms with Gasteiger partial charge in [0.1, 0.15) is 0 Å². The number of amides is 1. The number of rotatable bonds is 3. The number of aryl methyl sites for hydroxylation is 1. The molecule has 5 nitrogen and oxygen atoms in total. The third kappa shape index (κ3) is 4.18. The molecule has 2 aliphatic rings. The summed E-state index contributed by atoms with van der Waals surface area (Å²) in [5.41, 5.74) is 1.10. The second kappa shape index (κ2) is 7.53. The molecule has 2 saturated heterocycles. The molecular formula is C17H25N3O2S. The molecule has 1 amide bonds. The number of pyridine rings is 1. The smallest absolute Gasteiger partial charge is 0.250 e. The maximum absolute atomic E-state index is 12.6. The lowest BCUT2D eigenvalue weighted by atomic mass is 9.95. The molecule has 126 valence electrons. The van der Waals surface area contributed by atoms with Gasteiger partial charge in [0.2, 0.25) is 5.91 Å². The average Bonchev–Trinajstić information content (AvgIpc) is 2.59. The summed E-state index contributed by atoms with van der Waals surface area (Å²) in [7, 11) is 1.77. The van der Waals surface area contributed by atoms with Gasteiger partial charge in [0.15, 0.2) is 0 Å². The maximum atomic E-state index is 12.6. The molecule has 0 N–H and O–H groups in total. The lowest BCUT2D eigenvalue weighted by Crippen LogP contribution is -2.45. The number of thioether (sulfide) groups is 1. The van der Waals surface area contributed by atoms with E-state index in [1.54, 1.807) is 17.7 Å². The molecule has 23 heavy (non-hydrogen) atoms. The van der Waals surface area contributed by atoms with Crippen LogP contribution in [0.1, 0.15) is 18.4 Å². The van der Waals surface area contributed by atoms with E-state index < -0.39 is 0 Å². The first-order chi connectivity index (χ1) is 11.1. The predicted molar refractivity (Wildman–Crippen MR) is 93.6 cm³/mol. The summed E-state index contributed by atoms with van der Waals surface area (Å²) in [6, 6.07) is 3.71. The van der Waals surface area contributed by atoms with Crippen LogP contribution in [0.25, 0.3) is 0 Å². The van der Waals surface area contributed by atoms with Gasteiger partial charge in [-0.05, 0) is 37.6 Å². The zero-order valence-electron chi connectivity index (χ0n) is 13.7. The second-order valence-electron chi connectivity index (χ2n) is 6.47. The molecule has 0 unspecified atom stereocenters. The number of piperidine rings is 1. The highest BCUT2D eigenvalue weighted by Gasteiger charge is 2.29. The molecule has 0 spiro atoms. The van der Waals surface area contributed by atoms with Gasteiger partial charge in [-0.3, -0.25) is 14.5 Å². The highest BCUT2D eigenvalue weighted by Crippen LogP contribution is 2.22. The van der Waals surface area contributed by atoms with E-state index in [1.165, 1.54) is 0 Å². The molecule has 1 aromatic rings. The van der Waals surface area contributed by atoms with Crippen LogP contribution in [0.5, 0.6) is 0 Å². The Morgan fingerprint density at radius 2 is 1.91 bits per heavy atom. The fourth-order valence-corrected chi connectivity index (χ4v) is 4.23. The van der Waals surface area contributed by atoms with Gasteiger partial charge in [-0.25, -0.2) is 0 Å². The molecule has 3 rings (SSSR count). The fraction of sp³-hybridized carbons (Fsp3) is 0.647. The van der Waals surface area contributed by atoms with E-state index >= 15 is 0 Å². The highest BCUT2D eigenvalue weighted by atomic mass is 32.2. The molecular weight excluding hydrogens is 310 g/mol. The quantitative estimate of drug-likeness (QED) is 0.832. The summed E-state index contributed by atoms with van der Waals surface area (Å²) in [4.78, 5) is 28.6. The van der Waals surface area contributed by atoms with E-state index in [1.807, 2.05) is 24.0 Å². The Hall–Kier alpha value is -1.27. The summed E-state index contributed by atoms with van der Waals surface area (Å²) < 4.78 is 1.59. The van der Waals surface area contributed by atoms with Crippen LogP contribution in [0, 0.1) is 5.92 Å². The van der Waals surface area contributed by atoms with Crippen molar-refractivity contribution >= 4 is 17.7 Å². The minimum atomic E-state index is 0.0375. The van der Waals surface area contributed by atoms with Crippen LogP contribution >= 0.6 is 11.8 Å². The lowest BCUT2D eigenvalue weighted by molar-refractivity contribution is -0.136. The molecule has 6 heteroatoms. The monoisotopic (exact) mass is 335 g/mol. The van der Waals surface area contributed by atoms with E-state index in [0.29, 0.717) is 5.91 Å². The minimum absolute atomic E-state index is 0.0375. The van der Waals surface area contributed by atoms with Crippen molar-refractivity contribution in [3.8, 4) is 0 Å². The SMILES string of the molecule is Cn1ccc(CN2CCC(C(=O)N3CCSCC3)CC2)cc1=O. The van der Waals surface area contributed by atoms with Crippen LogP contribution in [0.2, 0.25) is 0 Å². The van der Waals surface area contributed by atoms with Gasteiger partial charge in [0.05, 0.1) is 0 Å². The maximum Gasteiger partial charge on any atom is 0.250 e. The van der Waals surface area contributed by atoms with Crippen molar-refractivity contribution in [3.63, 3.8) is 0 Å². The van der Waals surface area contributed by atoms with E-state index in [4.69, 9.17) is 0 Å². The molecule has 0 aliphatic carbocycles. The zero-order valence-corrected chi connectivity index (χ0v) is 14.6. The number of hydrogen-bond acceptors (Lipinski definition) is 4. The Morgan fingerprint density at radius 3 is 2.57 bits per heavy atom. The van der Waals surface area contributed by atoms with Gasteiger partial charge >= 0.3 is 0 Å². The Bertz CT molecular complexity index is 602. The summed E-state index contributed by atoms with van der Waals surface area (Å²) in [6.45, 7) is 4.51. The van der Waals surface area contributed by atoms with Crippen molar-refractivity contribution in [2.24, 2.45) is 13.0 Å². The molecule has 0 bridgehead atoms. The standard InChI is InChI=1S/C17H25N3O2S/c1-18-5-2-14(12-16(18)21)13-19-6-3-15(4-7-19)17(22)20-8-10-23-11-9-20/h2,5,12,15H,3-4,6-11,13H2,1H3. The molecule has 1 aromatic heterocycles. The summed E-state index contributed by atoms with van der Waals surface area (Å²) in [5, 5.41) is 0. The van der Waals surface area contributed by atoms with Crippen LogP contribution in [0.15, 0.2) is 23.1 Å². The topological polar surface area (TPSA) is 45.6 Å². The van der Waals surface area contributed by atoms with Crippen LogP contribution in [-0.4, -0.2) is 58.0 Å². The van der Waals surface area contributed by atoms with E-state index in [2.05, 4.69) is 9.80 Å². The largest absolute Gasteiger partial charge is 0.341 e.